The lowest BCUT2D eigenvalue weighted by Gasteiger charge is -2.07. The molecule has 2 rings (SSSR count). The number of hydrogen-bond acceptors (Lipinski definition) is 3. The van der Waals surface area contributed by atoms with Crippen LogP contribution in [0.1, 0.15) is 22.3 Å². The molecule has 0 unspecified atom stereocenters. The first-order valence-electron chi connectivity index (χ1n) is 6.58. The predicted octanol–water partition coefficient (Wildman–Crippen LogP) is 2.92. The number of rotatable bonds is 4. The summed E-state index contributed by atoms with van der Waals surface area (Å²) in [4.78, 5) is 2.43. The van der Waals surface area contributed by atoms with Gasteiger partial charge in [-0.05, 0) is 44.0 Å². The van der Waals surface area contributed by atoms with Gasteiger partial charge in [0.15, 0.2) is 0 Å². The van der Waals surface area contributed by atoms with Gasteiger partial charge in [0.25, 0.3) is 10.0 Å². The number of nitrogens with one attached hydrogen (secondary N) is 1. The lowest BCUT2D eigenvalue weighted by atomic mass is 10.0. The molecular formula is C16H18N2O2S. The fourth-order valence-electron chi connectivity index (χ4n) is 2.21. The van der Waals surface area contributed by atoms with Crippen molar-refractivity contribution in [2.75, 3.05) is 0 Å². The number of aryl methyl sites for hydroxylation is 3. The van der Waals surface area contributed by atoms with Crippen LogP contribution in [0.25, 0.3) is 0 Å². The van der Waals surface area contributed by atoms with E-state index in [9.17, 15) is 8.42 Å². The van der Waals surface area contributed by atoms with Gasteiger partial charge in [-0.25, -0.2) is 4.83 Å². The Bertz CT molecular complexity index is 743. The topological polar surface area (TPSA) is 58.5 Å². The second-order valence-corrected chi connectivity index (χ2v) is 6.64. The van der Waals surface area contributed by atoms with Crippen LogP contribution < -0.4 is 4.83 Å². The fourth-order valence-corrected chi connectivity index (χ4v) is 3.02. The van der Waals surface area contributed by atoms with Gasteiger partial charge in [-0.3, -0.25) is 0 Å². The van der Waals surface area contributed by atoms with Gasteiger partial charge in [-0.15, -0.1) is 0 Å². The zero-order chi connectivity index (χ0) is 15.5. The van der Waals surface area contributed by atoms with Crippen molar-refractivity contribution in [3.8, 4) is 0 Å². The Morgan fingerprint density at radius 2 is 1.57 bits per heavy atom. The van der Waals surface area contributed by atoms with Crippen LogP contribution in [-0.4, -0.2) is 14.6 Å². The molecule has 0 atom stereocenters. The van der Waals surface area contributed by atoms with Gasteiger partial charge in [0, 0.05) is 5.56 Å². The van der Waals surface area contributed by atoms with E-state index in [0.717, 1.165) is 16.7 Å². The number of hydrazone groups is 1. The lowest BCUT2D eigenvalue weighted by molar-refractivity contribution is 0.584. The molecule has 2 aromatic carbocycles. The highest BCUT2D eigenvalue weighted by Gasteiger charge is 2.11. The molecule has 0 saturated carbocycles. The minimum Gasteiger partial charge on any atom is -0.200 e. The van der Waals surface area contributed by atoms with Gasteiger partial charge in [0.1, 0.15) is 0 Å². The summed E-state index contributed by atoms with van der Waals surface area (Å²) in [5, 5.41) is 3.88. The van der Waals surface area contributed by atoms with Gasteiger partial charge in [-0.1, -0.05) is 35.9 Å². The van der Waals surface area contributed by atoms with E-state index in [1.54, 1.807) is 24.4 Å². The third kappa shape index (κ3) is 3.70. The molecule has 1 N–H and O–H groups in total. The maximum atomic E-state index is 12.0. The smallest absolute Gasteiger partial charge is 0.200 e. The second kappa shape index (κ2) is 6.10. The van der Waals surface area contributed by atoms with Crippen LogP contribution in [-0.2, 0) is 10.0 Å². The predicted molar refractivity (Wildman–Crippen MR) is 85.0 cm³/mol. The van der Waals surface area contributed by atoms with Crippen LogP contribution in [0.3, 0.4) is 0 Å². The Labute approximate surface area is 125 Å². The summed E-state index contributed by atoms with van der Waals surface area (Å²) in [5.41, 5.74) is 4.23. The molecule has 21 heavy (non-hydrogen) atoms. The molecule has 0 aliphatic heterocycles. The molecule has 0 amide bonds. The normalized spacial score (nSPS) is 11.8. The first kappa shape index (κ1) is 15.3. The van der Waals surface area contributed by atoms with Gasteiger partial charge in [0.2, 0.25) is 0 Å². The highest BCUT2D eigenvalue weighted by Crippen LogP contribution is 2.14. The molecule has 2 aromatic rings. The maximum absolute atomic E-state index is 12.0. The van der Waals surface area contributed by atoms with Crippen molar-refractivity contribution in [3.05, 3.63) is 64.7 Å². The molecule has 5 heteroatoms. The quantitative estimate of drug-likeness (QED) is 0.697. The summed E-state index contributed by atoms with van der Waals surface area (Å²) in [6.07, 6.45) is 1.55. The summed E-state index contributed by atoms with van der Waals surface area (Å²) >= 11 is 0. The van der Waals surface area contributed by atoms with E-state index in [2.05, 4.69) is 9.93 Å². The lowest BCUT2D eigenvalue weighted by Crippen LogP contribution is -2.18. The molecule has 0 aromatic heterocycles. The van der Waals surface area contributed by atoms with E-state index in [-0.39, 0.29) is 4.90 Å². The Balaban J connectivity index is 2.21. The van der Waals surface area contributed by atoms with Crippen molar-refractivity contribution >= 4 is 16.2 Å². The molecule has 0 aliphatic rings. The highest BCUT2D eigenvalue weighted by molar-refractivity contribution is 7.89. The first-order valence-corrected chi connectivity index (χ1v) is 8.06. The van der Waals surface area contributed by atoms with E-state index < -0.39 is 10.0 Å². The fraction of sp³-hybridized carbons (Fsp3) is 0.188. The van der Waals surface area contributed by atoms with E-state index in [0.29, 0.717) is 0 Å². The summed E-state index contributed by atoms with van der Waals surface area (Å²) in [7, 11) is -3.61. The van der Waals surface area contributed by atoms with E-state index in [4.69, 9.17) is 0 Å². The Morgan fingerprint density at radius 3 is 2.14 bits per heavy atom. The second-order valence-electron chi connectivity index (χ2n) is 4.98. The first-order chi connectivity index (χ1) is 9.90. The van der Waals surface area contributed by atoms with Crippen LogP contribution >= 0.6 is 0 Å². The molecule has 0 fully saturated rings. The molecule has 0 spiro atoms. The summed E-state index contributed by atoms with van der Waals surface area (Å²) < 4.78 is 24.0. The number of benzene rings is 2. The van der Waals surface area contributed by atoms with Crippen molar-refractivity contribution in [1.82, 2.24) is 4.83 Å². The van der Waals surface area contributed by atoms with Crippen LogP contribution in [0, 0.1) is 20.8 Å². The monoisotopic (exact) mass is 302 g/mol. The summed E-state index contributed by atoms with van der Waals surface area (Å²) in [5.74, 6) is 0. The zero-order valence-corrected chi connectivity index (χ0v) is 13.1. The van der Waals surface area contributed by atoms with Crippen LogP contribution in [0.2, 0.25) is 0 Å². The van der Waals surface area contributed by atoms with E-state index >= 15 is 0 Å². The van der Waals surface area contributed by atoms with Crippen molar-refractivity contribution < 1.29 is 8.42 Å². The third-order valence-electron chi connectivity index (χ3n) is 3.16. The number of nitrogens with zero attached hydrogens (tertiary/aromatic N) is 1. The standard InChI is InChI=1S/C16H18N2O2S/c1-12-9-13(2)16(14(3)10-12)11-17-18-21(19,20)15-7-5-4-6-8-15/h4-11,18H,1-3H3/b17-11+. The Hall–Kier alpha value is -2.14. The average Bonchev–Trinajstić information content (AvgIpc) is 2.42. The zero-order valence-electron chi connectivity index (χ0n) is 12.3. The maximum Gasteiger partial charge on any atom is 0.276 e. The van der Waals surface area contributed by atoms with Crippen LogP contribution in [0.5, 0.6) is 0 Å². The largest absolute Gasteiger partial charge is 0.276 e. The van der Waals surface area contributed by atoms with Gasteiger partial charge in [-0.2, -0.15) is 13.5 Å². The van der Waals surface area contributed by atoms with Crippen LogP contribution in [0.4, 0.5) is 0 Å². The molecule has 0 heterocycles. The molecule has 0 bridgehead atoms. The number of sulfonamides is 1. The van der Waals surface area contributed by atoms with E-state index in [1.807, 2.05) is 32.9 Å². The van der Waals surface area contributed by atoms with E-state index in [1.165, 1.54) is 17.7 Å². The summed E-state index contributed by atoms with van der Waals surface area (Å²) in [6.45, 7) is 5.99. The summed E-state index contributed by atoms with van der Waals surface area (Å²) in [6, 6.07) is 12.3. The molecule has 4 nitrogen and oxygen atoms in total. The van der Waals surface area contributed by atoms with Gasteiger partial charge < -0.3 is 0 Å². The molecule has 0 aliphatic carbocycles. The Kier molecular flexibility index (Phi) is 4.43. The van der Waals surface area contributed by atoms with Gasteiger partial charge in [0.05, 0.1) is 11.1 Å². The van der Waals surface area contributed by atoms with Crippen molar-refractivity contribution in [2.45, 2.75) is 25.7 Å². The highest BCUT2D eigenvalue weighted by atomic mass is 32.2. The van der Waals surface area contributed by atoms with Crippen molar-refractivity contribution in [2.24, 2.45) is 5.10 Å². The SMILES string of the molecule is Cc1cc(C)c(/C=N/NS(=O)(=O)c2ccccc2)c(C)c1. The van der Waals surface area contributed by atoms with Crippen LogP contribution in [0.15, 0.2) is 52.5 Å². The van der Waals surface area contributed by atoms with Crippen molar-refractivity contribution in [1.29, 1.82) is 0 Å². The number of hydrogen-bond donors (Lipinski definition) is 1. The third-order valence-corrected chi connectivity index (χ3v) is 4.40. The Morgan fingerprint density at radius 1 is 1.00 bits per heavy atom. The van der Waals surface area contributed by atoms with Gasteiger partial charge >= 0.3 is 0 Å². The minimum atomic E-state index is -3.61. The minimum absolute atomic E-state index is 0.194. The molecule has 0 radical (unpaired) electrons. The average molecular weight is 302 g/mol. The molecule has 0 saturated heterocycles. The van der Waals surface area contributed by atoms with Crippen molar-refractivity contribution in [3.63, 3.8) is 0 Å². The molecule has 110 valence electrons. The molecular weight excluding hydrogens is 284 g/mol.